The van der Waals surface area contributed by atoms with Gasteiger partial charge in [0.05, 0.1) is 10.7 Å². The second-order valence-corrected chi connectivity index (χ2v) is 3.51. The number of hydrogen-bond acceptors (Lipinski definition) is 3. The van der Waals surface area contributed by atoms with E-state index in [0.717, 1.165) is 5.69 Å². The van der Waals surface area contributed by atoms with E-state index in [1.807, 2.05) is 0 Å². The molecule has 0 atom stereocenters. The summed E-state index contributed by atoms with van der Waals surface area (Å²) in [6, 6.07) is 6.88. The Bertz CT molecular complexity index is 522. The van der Waals surface area contributed by atoms with Gasteiger partial charge >= 0.3 is 0 Å². The van der Waals surface area contributed by atoms with Gasteiger partial charge in [-0.2, -0.15) is 5.10 Å². The third kappa shape index (κ3) is 1.85. The molecule has 82 valence electrons. The van der Waals surface area contributed by atoms with Crippen molar-refractivity contribution in [1.82, 2.24) is 9.78 Å². The van der Waals surface area contributed by atoms with Gasteiger partial charge in [-0.1, -0.05) is 16.8 Å². The summed E-state index contributed by atoms with van der Waals surface area (Å²) >= 11 is 6.07. The van der Waals surface area contributed by atoms with Gasteiger partial charge in [0.2, 0.25) is 0 Å². The van der Waals surface area contributed by atoms with Gasteiger partial charge in [-0.25, -0.2) is 4.68 Å². The van der Waals surface area contributed by atoms with Crippen LogP contribution in [0.4, 0.5) is 0 Å². The molecule has 2 aromatic rings. The number of nitrogens with two attached hydrogens (primary N) is 1. The number of amidine groups is 1. The molecule has 2 rings (SSSR count). The highest BCUT2D eigenvalue weighted by Gasteiger charge is 2.06. The molecule has 0 amide bonds. The van der Waals surface area contributed by atoms with E-state index >= 15 is 0 Å². The third-order valence-corrected chi connectivity index (χ3v) is 2.41. The molecule has 0 aliphatic carbocycles. The van der Waals surface area contributed by atoms with E-state index in [0.29, 0.717) is 10.6 Å². The van der Waals surface area contributed by atoms with Crippen molar-refractivity contribution < 1.29 is 5.21 Å². The van der Waals surface area contributed by atoms with Gasteiger partial charge in [0.15, 0.2) is 5.84 Å². The van der Waals surface area contributed by atoms with Gasteiger partial charge in [-0.05, 0) is 24.3 Å². The van der Waals surface area contributed by atoms with Crippen LogP contribution in [0.2, 0.25) is 5.02 Å². The normalized spacial score (nSPS) is 11.7. The molecular weight excluding hydrogens is 228 g/mol. The number of hydrogen-bond donors (Lipinski definition) is 2. The fourth-order valence-corrected chi connectivity index (χ4v) is 1.59. The van der Waals surface area contributed by atoms with Gasteiger partial charge in [0.1, 0.15) is 0 Å². The van der Waals surface area contributed by atoms with E-state index in [9.17, 15) is 0 Å². The minimum atomic E-state index is 0.0221. The van der Waals surface area contributed by atoms with Crippen LogP contribution in [0.25, 0.3) is 5.69 Å². The Morgan fingerprint density at radius 3 is 2.88 bits per heavy atom. The summed E-state index contributed by atoms with van der Waals surface area (Å²) in [5.74, 6) is 0.0221. The lowest BCUT2D eigenvalue weighted by Gasteiger charge is -2.06. The van der Waals surface area contributed by atoms with E-state index in [4.69, 9.17) is 22.5 Å². The van der Waals surface area contributed by atoms with Crippen molar-refractivity contribution in [2.45, 2.75) is 0 Å². The van der Waals surface area contributed by atoms with Crippen LogP contribution in [0.1, 0.15) is 5.56 Å². The Morgan fingerprint density at radius 2 is 2.31 bits per heavy atom. The molecule has 16 heavy (non-hydrogen) atoms. The first-order valence-electron chi connectivity index (χ1n) is 4.50. The van der Waals surface area contributed by atoms with Crippen molar-refractivity contribution in [3.8, 4) is 5.69 Å². The Labute approximate surface area is 96.7 Å². The lowest BCUT2D eigenvalue weighted by Crippen LogP contribution is -2.13. The topological polar surface area (TPSA) is 76.4 Å². The Kier molecular flexibility index (Phi) is 2.78. The second kappa shape index (κ2) is 4.24. The summed E-state index contributed by atoms with van der Waals surface area (Å²) < 4.78 is 1.64. The zero-order valence-electron chi connectivity index (χ0n) is 8.21. The van der Waals surface area contributed by atoms with Gasteiger partial charge in [0.25, 0.3) is 0 Å². The van der Waals surface area contributed by atoms with Crippen molar-refractivity contribution in [3.05, 3.63) is 47.2 Å². The molecule has 0 radical (unpaired) electrons. The molecular formula is C10H9ClN4O. The van der Waals surface area contributed by atoms with Gasteiger partial charge < -0.3 is 10.9 Å². The lowest BCUT2D eigenvalue weighted by molar-refractivity contribution is 0.318. The number of oxime groups is 1. The average molecular weight is 237 g/mol. The van der Waals surface area contributed by atoms with Crippen molar-refractivity contribution in [1.29, 1.82) is 0 Å². The van der Waals surface area contributed by atoms with E-state index in [1.54, 1.807) is 41.3 Å². The van der Waals surface area contributed by atoms with Crippen molar-refractivity contribution in [2.24, 2.45) is 10.9 Å². The SMILES string of the molecule is NC(=NO)c1ccc(-n2cccn2)c(Cl)c1. The predicted molar refractivity (Wildman–Crippen MR) is 61.1 cm³/mol. The molecule has 1 heterocycles. The van der Waals surface area contributed by atoms with Gasteiger partial charge in [-0.15, -0.1) is 0 Å². The first kappa shape index (κ1) is 10.5. The van der Waals surface area contributed by atoms with Crippen LogP contribution in [-0.2, 0) is 0 Å². The van der Waals surface area contributed by atoms with E-state index in [2.05, 4.69) is 10.3 Å². The van der Waals surface area contributed by atoms with Crippen LogP contribution in [0.15, 0.2) is 41.8 Å². The number of aromatic nitrogens is 2. The zero-order valence-corrected chi connectivity index (χ0v) is 8.96. The third-order valence-electron chi connectivity index (χ3n) is 2.10. The molecule has 0 aliphatic rings. The van der Waals surface area contributed by atoms with Gasteiger partial charge in [-0.3, -0.25) is 0 Å². The number of nitrogens with zero attached hydrogens (tertiary/aromatic N) is 3. The fourth-order valence-electron chi connectivity index (χ4n) is 1.32. The van der Waals surface area contributed by atoms with Crippen molar-refractivity contribution in [2.75, 3.05) is 0 Å². The van der Waals surface area contributed by atoms with Crippen LogP contribution in [0.3, 0.4) is 0 Å². The average Bonchev–Trinajstić information content (AvgIpc) is 2.81. The van der Waals surface area contributed by atoms with E-state index < -0.39 is 0 Å². The fraction of sp³-hybridized carbons (Fsp3) is 0. The molecule has 5 nitrogen and oxygen atoms in total. The number of benzene rings is 1. The number of rotatable bonds is 2. The molecule has 0 bridgehead atoms. The van der Waals surface area contributed by atoms with Gasteiger partial charge in [0, 0.05) is 18.0 Å². The quantitative estimate of drug-likeness (QED) is 0.360. The molecule has 6 heteroatoms. The molecule has 0 unspecified atom stereocenters. The zero-order chi connectivity index (χ0) is 11.5. The summed E-state index contributed by atoms with van der Waals surface area (Å²) in [5.41, 5.74) is 6.75. The van der Waals surface area contributed by atoms with Crippen molar-refractivity contribution >= 4 is 17.4 Å². The Balaban J connectivity index is 2.45. The summed E-state index contributed by atoms with van der Waals surface area (Å²) in [4.78, 5) is 0. The second-order valence-electron chi connectivity index (χ2n) is 3.10. The maximum Gasteiger partial charge on any atom is 0.170 e. The van der Waals surface area contributed by atoms with Crippen LogP contribution in [0, 0.1) is 0 Å². The van der Waals surface area contributed by atoms with Crippen LogP contribution >= 0.6 is 11.6 Å². The summed E-state index contributed by atoms with van der Waals surface area (Å²) in [6.45, 7) is 0. The monoisotopic (exact) mass is 236 g/mol. The predicted octanol–water partition coefficient (Wildman–Crippen LogP) is 1.62. The summed E-state index contributed by atoms with van der Waals surface area (Å²) in [5, 5.41) is 16.0. The first-order valence-corrected chi connectivity index (χ1v) is 4.87. The summed E-state index contributed by atoms with van der Waals surface area (Å²) in [7, 11) is 0. The molecule has 1 aromatic carbocycles. The van der Waals surface area contributed by atoms with E-state index in [-0.39, 0.29) is 5.84 Å². The number of halogens is 1. The molecule has 3 N–H and O–H groups in total. The Morgan fingerprint density at radius 1 is 1.50 bits per heavy atom. The molecule has 1 aromatic heterocycles. The maximum atomic E-state index is 8.53. The largest absolute Gasteiger partial charge is 0.409 e. The highest BCUT2D eigenvalue weighted by molar-refractivity contribution is 6.32. The van der Waals surface area contributed by atoms with Crippen molar-refractivity contribution in [3.63, 3.8) is 0 Å². The molecule has 0 saturated carbocycles. The first-order chi connectivity index (χ1) is 7.72. The lowest BCUT2D eigenvalue weighted by atomic mass is 10.2. The van der Waals surface area contributed by atoms with Crippen LogP contribution < -0.4 is 5.73 Å². The maximum absolute atomic E-state index is 8.53. The minimum Gasteiger partial charge on any atom is -0.409 e. The highest BCUT2D eigenvalue weighted by atomic mass is 35.5. The van der Waals surface area contributed by atoms with E-state index in [1.165, 1.54) is 0 Å². The minimum absolute atomic E-state index is 0.0221. The molecule has 0 fully saturated rings. The molecule has 0 saturated heterocycles. The standard InChI is InChI=1S/C10H9ClN4O/c11-8-6-7(10(12)14-16)2-3-9(8)15-5-1-4-13-15/h1-6,16H,(H2,12,14). The molecule has 0 aliphatic heterocycles. The molecule has 0 spiro atoms. The highest BCUT2D eigenvalue weighted by Crippen LogP contribution is 2.21. The van der Waals surface area contributed by atoms with Crippen LogP contribution in [0.5, 0.6) is 0 Å². The van der Waals surface area contributed by atoms with Crippen LogP contribution in [-0.4, -0.2) is 20.8 Å². The smallest absolute Gasteiger partial charge is 0.170 e. The Hall–Kier alpha value is -2.01. The summed E-state index contributed by atoms with van der Waals surface area (Å²) in [6.07, 6.45) is 3.44.